The Morgan fingerprint density at radius 2 is 2.06 bits per heavy atom. The number of carbonyl (C=O) groups is 1. The van der Waals surface area contributed by atoms with Crippen LogP contribution in [0.25, 0.3) is 0 Å². The van der Waals surface area contributed by atoms with Gasteiger partial charge in [-0.1, -0.05) is 0 Å². The van der Waals surface area contributed by atoms with Gasteiger partial charge in [0, 0.05) is 30.8 Å². The van der Waals surface area contributed by atoms with Crippen molar-refractivity contribution in [1.82, 2.24) is 4.90 Å². The van der Waals surface area contributed by atoms with Crippen LogP contribution in [-0.4, -0.2) is 28.8 Å². The summed E-state index contributed by atoms with van der Waals surface area (Å²) in [5, 5.41) is 19.1. The summed E-state index contributed by atoms with van der Waals surface area (Å²) in [6.45, 7) is 1.77. The van der Waals surface area contributed by atoms with Crippen LogP contribution in [0.15, 0.2) is 24.3 Å². The molecule has 94 valence electrons. The highest BCUT2D eigenvalue weighted by molar-refractivity contribution is 5.94. The molecule has 0 spiro atoms. The van der Waals surface area contributed by atoms with Gasteiger partial charge in [-0.2, -0.15) is 5.26 Å². The number of benzene rings is 1. The van der Waals surface area contributed by atoms with Gasteiger partial charge < -0.3 is 4.90 Å². The first-order valence-electron chi connectivity index (χ1n) is 5.36. The first-order valence-corrected chi connectivity index (χ1v) is 5.36. The summed E-state index contributed by atoms with van der Waals surface area (Å²) in [5.74, 6) is -0.257. The maximum absolute atomic E-state index is 12.0. The van der Waals surface area contributed by atoms with Gasteiger partial charge in [-0.3, -0.25) is 14.9 Å². The summed E-state index contributed by atoms with van der Waals surface area (Å²) >= 11 is 0. The van der Waals surface area contributed by atoms with E-state index in [1.807, 2.05) is 6.07 Å². The zero-order valence-electron chi connectivity index (χ0n) is 10.2. The molecule has 0 saturated heterocycles. The molecule has 6 heteroatoms. The number of nitriles is 1. The molecule has 1 amide bonds. The van der Waals surface area contributed by atoms with Crippen molar-refractivity contribution < 1.29 is 9.72 Å². The Bertz CT molecular complexity index is 490. The second kappa shape index (κ2) is 5.77. The topological polar surface area (TPSA) is 87.2 Å². The molecule has 1 rings (SSSR count). The number of hydrogen-bond donors (Lipinski definition) is 0. The molecular weight excluding hydrogens is 234 g/mol. The molecule has 0 heterocycles. The summed E-state index contributed by atoms with van der Waals surface area (Å²) < 4.78 is 0. The van der Waals surface area contributed by atoms with Crippen LogP contribution in [0.4, 0.5) is 5.69 Å². The smallest absolute Gasteiger partial charge is 0.269 e. The molecule has 0 aromatic heterocycles. The van der Waals surface area contributed by atoms with Crippen LogP contribution >= 0.6 is 0 Å². The number of nitro benzene ring substituents is 1. The van der Waals surface area contributed by atoms with Crippen molar-refractivity contribution in [3.63, 3.8) is 0 Å². The number of amides is 1. The fourth-order valence-electron chi connectivity index (χ4n) is 1.40. The largest absolute Gasteiger partial charge is 0.338 e. The number of carbonyl (C=O) groups excluding carboxylic acids is 1. The number of non-ortho nitro benzene ring substituents is 1. The quantitative estimate of drug-likeness (QED) is 0.601. The van der Waals surface area contributed by atoms with E-state index in [4.69, 9.17) is 5.26 Å². The minimum Gasteiger partial charge on any atom is -0.338 e. The predicted octanol–water partition coefficient (Wildman–Crippen LogP) is 1.97. The summed E-state index contributed by atoms with van der Waals surface area (Å²) in [7, 11) is 1.60. The zero-order valence-corrected chi connectivity index (χ0v) is 10.2. The number of hydrogen-bond acceptors (Lipinski definition) is 4. The fraction of sp³-hybridized carbons (Fsp3) is 0.333. The van der Waals surface area contributed by atoms with Crippen molar-refractivity contribution >= 4 is 11.6 Å². The van der Waals surface area contributed by atoms with Crippen molar-refractivity contribution in [2.45, 2.75) is 19.4 Å². The van der Waals surface area contributed by atoms with E-state index < -0.39 is 4.92 Å². The molecule has 1 aromatic carbocycles. The van der Waals surface area contributed by atoms with E-state index >= 15 is 0 Å². The molecule has 1 atom stereocenters. The second-order valence-corrected chi connectivity index (χ2v) is 3.93. The molecular formula is C12H13N3O3. The van der Waals surface area contributed by atoms with Gasteiger partial charge in [0.1, 0.15) is 0 Å². The number of rotatable bonds is 4. The molecule has 0 N–H and O–H groups in total. The Balaban J connectivity index is 2.84. The monoisotopic (exact) mass is 247 g/mol. The van der Waals surface area contributed by atoms with Gasteiger partial charge in [-0.05, 0) is 19.1 Å². The van der Waals surface area contributed by atoms with E-state index in [0.717, 1.165) is 0 Å². The third-order valence-corrected chi connectivity index (χ3v) is 2.69. The molecule has 1 unspecified atom stereocenters. The molecule has 0 bridgehead atoms. The van der Waals surface area contributed by atoms with Crippen LogP contribution in [0, 0.1) is 21.4 Å². The molecule has 18 heavy (non-hydrogen) atoms. The van der Waals surface area contributed by atoms with Crippen LogP contribution in [0.5, 0.6) is 0 Å². The van der Waals surface area contributed by atoms with Crippen LogP contribution in [0.2, 0.25) is 0 Å². The van der Waals surface area contributed by atoms with Gasteiger partial charge in [-0.15, -0.1) is 0 Å². The van der Waals surface area contributed by atoms with E-state index in [9.17, 15) is 14.9 Å². The minimum absolute atomic E-state index is 0.0562. The van der Waals surface area contributed by atoms with Crippen molar-refractivity contribution in [3.05, 3.63) is 39.9 Å². The highest BCUT2D eigenvalue weighted by Gasteiger charge is 2.17. The van der Waals surface area contributed by atoms with Crippen molar-refractivity contribution in [1.29, 1.82) is 5.26 Å². The lowest BCUT2D eigenvalue weighted by atomic mass is 10.1. The first kappa shape index (κ1) is 13.6. The number of nitrogens with zero attached hydrogens (tertiary/aromatic N) is 3. The lowest BCUT2D eigenvalue weighted by Gasteiger charge is -2.22. The molecule has 0 aliphatic carbocycles. The Kier molecular flexibility index (Phi) is 4.38. The highest BCUT2D eigenvalue weighted by atomic mass is 16.6. The lowest BCUT2D eigenvalue weighted by molar-refractivity contribution is -0.384. The van der Waals surface area contributed by atoms with Crippen molar-refractivity contribution in [2.24, 2.45) is 0 Å². The van der Waals surface area contributed by atoms with E-state index in [2.05, 4.69) is 0 Å². The Labute approximate surface area is 105 Å². The van der Waals surface area contributed by atoms with Gasteiger partial charge in [0.05, 0.1) is 17.4 Å². The van der Waals surface area contributed by atoms with E-state index in [1.165, 1.54) is 29.2 Å². The molecule has 6 nitrogen and oxygen atoms in total. The lowest BCUT2D eigenvalue weighted by Crippen LogP contribution is -2.34. The van der Waals surface area contributed by atoms with E-state index in [-0.39, 0.29) is 24.1 Å². The van der Waals surface area contributed by atoms with E-state index in [0.29, 0.717) is 5.56 Å². The normalized spacial score (nSPS) is 11.4. The van der Waals surface area contributed by atoms with Crippen LogP contribution in [-0.2, 0) is 0 Å². The molecule has 0 aliphatic rings. The maximum Gasteiger partial charge on any atom is 0.269 e. The van der Waals surface area contributed by atoms with Gasteiger partial charge in [0.15, 0.2) is 0 Å². The van der Waals surface area contributed by atoms with Crippen LogP contribution in [0.3, 0.4) is 0 Å². The summed E-state index contributed by atoms with van der Waals surface area (Å²) in [6.07, 6.45) is 0.245. The van der Waals surface area contributed by atoms with E-state index in [1.54, 1.807) is 14.0 Å². The molecule has 0 saturated carbocycles. The maximum atomic E-state index is 12.0. The molecule has 1 aromatic rings. The molecule has 0 radical (unpaired) electrons. The summed E-state index contributed by atoms with van der Waals surface area (Å²) in [4.78, 5) is 23.4. The fourth-order valence-corrected chi connectivity index (χ4v) is 1.40. The first-order chi connectivity index (χ1) is 8.47. The third-order valence-electron chi connectivity index (χ3n) is 2.69. The van der Waals surface area contributed by atoms with Crippen molar-refractivity contribution in [2.75, 3.05) is 7.05 Å². The SMILES string of the molecule is CC(CC#N)N(C)C(=O)c1ccc([N+](=O)[O-])cc1. The zero-order chi connectivity index (χ0) is 13.7. The third kappa shape index (κ3) is 3.04. The van der Waals surface area contributed by atoms with Gasteiger partial charge in [0.2, 0.25) is 0 Å². The number of nitro groups is 1. The highest BCUT2D eigenvalue weighted by Crippen LogP contribution is 2.14. The van der Waals surface area contributed by atoms with Crippen LogP contribution < -0.4 is 0 Å². The summed E-state index contributed by atoms with van der Waals surface area (Å²) in [6, 6.07) is 7.20. The van der Waals surface area contributed by atoms with Gasteiger partial charge >= 0.3 is 0 Å². The summed E-state index contributed by atoms with van der Waals surface area (Å²) in [5.41, 5.74) is 0.312. The van der Waals surface area contributed by atoms with Gasteiger partial charge in [0.25, 0.3) is 11.6 Å². The minimum atomic E-state index is -0.518. The molecule has 0 fully saturated rings. The van der Waals surface area contributed by atoms with Crippen LogP contribution in [0.1, 0.15) is 23.7 Å². The Morgan fingerprint density at radius 1 is 1.50 bits per heavy atom. The predicted molar refractivity (Wildman–Crippen MR) is 64.9 cm³/mol. The average Bonchev–Trinajstić information content (AvgIpc) is 2.37. The van der Waals surface area contributed by atoms with Gasteiger partial charge in [-0.25, -0.2) is 0 Å². The van der Waals surface area contributed by atoms with Crippen molar-refractivity contribution in [3.8, 4) is 6.07 Å². The second-order valence-electron chi connectivity index (χ2n) is 3.93. The Morgan fingerprint density at radius 3 is 2.50 bits per heavy atom. The standard InChI is InChI=1S/C12H13N3O3/c1-9(7-8-13)14(2)12(16)10-3-5-11(6-4-10)15(17)18/h3-6,9H,7H2,1-2H3. The Hall–Kier alpha value is -2.42. The average molecular weight is 247 g/mol. The molecule has 0 aliphatic heterocycles.